The fourth-order valence-electron chi connectivity index (χ4n) is 3.91. The molecular weight excluding hydrogens is 435 g/mol. The molecule has 3 aliphatic rings. The van der Waals surface area contributed by atoms with Crippen LogP contribution in [0.3, 0.4) is 0 Å². The summed E-state index contributed by atoms with van der Waals surface area (Å²) < 4.78 is 45.3. The molecule has 0 saturated carbocycles. The van der Waals surface area contributed by atoms with Crippen molar-refractivity contribution in [2.45, 2.75) is 30.7 Å². The first-order chi connectivity index (χ1) is 14.7. The van der Waals surface area contributed by atoms with E-state index < -0.39 is 34.4 Å². The Balaban J connectivity index is 1.63. The van der Waals surface area contributed by atoms with E-state index in [0.717, 1.165) is 6.07 Å². The zero-order valence-electron chi connectivity index (χ0n) is 16.4. The summed E-state index contributed by atoms with van der Waals surface area (Å²) in [7, 11) is 0. The molecule has 3 heterocycles. The Morgan fingerprint density at radius 1 is 1.32 bits per heavy atom. The number of amides is 1. The Morgan fingerprint density at radius 3 is 2.74 bits per heavy atom. The Kier molecular flexibility index (Phi) is 5.76. The molecule has 0 radical (unpaired) electrons. The van der Waals surface area contributed by atoms with Gasteiger partial charge in [0.15, 0.2) is 6.17 Å². The maximum absolute atomic E-state index is 13.3. The van der Waals surface area contributed by atoms with Crippen molar-refractivity contribution < 1.29 is 27.8 Å². The van der Waals surface area contributed by atoms with Crippen LogP contribution in [0.4, 0.5) is 13.2 Å². The highest BCUT2D eigenvalue weighted by molar-refractivity contribution is 6.31. The Morgan fingerprint density at radius 2 is 2.06 bits per heavy atom. The molecule has 0 bridgehead atoms. The number of carbonyl (C=O) groups is 1. The second kappa shape index (κ2) is 8.22. The van der Waals surface area contributed by atoms with Crippen LogP contribution in [-0.4, -0.2) is 47.4 Å². The van der Waals surface area contributed by atoms with Crippen molar-refractivity contribution in [2.24, 2.45) is 0 Å². The number of alkyl halides is 3. The number of carbonyl (C=O) groups excluding carboxylic acids is 1. The number of ether oxygens (including phenoxy) is 1. The fraction of sp³-hybridized carbons (Fsp3) is 0.381. The summed E-state index contributed by atoms with van der Waals surface area (Å²) in [4.78, 5) is 14.8. The van der Waals surface area contributed by atoms with Gasteiger partial charge < -0.3 is 25.4 Å². The minimum Gasteiger partial charge on any atom is -0.394 e. The van der Waals surface area contributed by atoms with Crippen LogP contribution < -0.4 is 10.6 Å². The van der Waals surface area contributed by atoms with Crippen molar-refractivity contribution in [3.8, 4) is 0 Å². The van der Waals surface area contributed by atoms with Crippen LogP contribution in [0.15, 0.2) is 48.3 Å². The highest BCUT2D eigenvalue weighted by Gasteiger charge is 2.41. The van der Waals surface area contributed by atoms with Gasteiger partial charge in [-0.2, -0.15) is 13.2 Å². The minimum atomic E-state index is -4.60. The lowest BCUT2D eigenvalue weighted by Crippen LogP contribution is -2.60. The second-order valence-electron chi connectivity index (χ2n) is 7.65. The number of aliphatic hydroxyl groups is 1. The summed E-state index contributed by atoms with van der Waals surface area (Å²) in [5, 5.41) is 15.4. The Hall–Kier alpha value is -2.49. The molecule has 0 aromatic heterocycles. The van der Waals surface area contributed by atoms with E-state index in [1.807, 2.05) is 0 Å². The van der Waals surface area contributed by atoms with Crippen molar-refractivity contribution in [1.82, 2.24) is 15.5 Å². The molecule has 1 amide bonds. The van der Waals surface area contributed by atoms with Crippen LogP contribution >= 0.6 is 11.6 Å². The summed E-state index contributed by atoms with van der Waals surface area (Å²) in [6.45, 7) is 0.611. The summed E-state index contributed by atoms with van der Waals surface area (Å²) in [5.74, 6) is -0.395. The van der Waals surface area contributed by atoms with Gasteiger partial charge in [0, 0.05) is 25.0 Å². The van der Waals surface area contributed by atoms with Crippen molar-refractivity contribution in [3.63, 3.8) is 0 Å². The summed E-state index contributed by atoms with van der Waals surface area (Å²) in [6, 6.07) is 3.64. The third kappa shape index (κ3) is 4.17. The molecule has 1 aromatic rings. The van der Waals surface area contributed by atoms with E-state index in [0.29, 0.717) is 37.4 Å². The van der Waals surface area contributed by atoms with Gasteiger partial charge in [-0.3, -0.25) is 4.79 Å². The molecule has 10 heteroatoms. The molecule has 166 valence electrons. The first-order valence-electron chi connectivity index (χ1n) is 9.76. The van der Waals surface area contributed by atoms with E-state index in [4.69, 9.17) is 16.3 Å². The molecule has 1 aromatic carbocycles. The van der Waals surface area contributed by atoms with E-state index >= 15 is 0 Å². The van der Waals surface area contributed by atoms with Crippen LogP contribution in [0.1, 0.15) is 24.0 Å². The fourth-order valence-corrected chi connectivity index (χ4v) is 4.13. The van der Waals surface area contributed by atoms with Gasteiger partial charge in [-0.1, -0.05) is 23.7 Å². The third-order valence-electron chi connectivity index (χ3n) is 5.66. The van der Waals surface area contributed by atoms with Crippen molar-refractivity contribution >= 4 is 23.2 Å². The first-order valence-corrected chi connectivity index (χ1v) is 10.1. The van der Waals surface area contributed by atoms with E-state index in [1.54, 1.807) is 29.3 Å². The van der Waals surface area contributed by atoms with Crippen LogP contribution in [0.2, 0.25) is 5.02 Å². The Labute approximate surface area is 182 Å². The van der Waals surface area contributed by atoms with Gasteiger partial charge in [0.25, 0.3) is 5.91 Å². The number of nitrogens with one attached hydrogen (secondary N) is 2. The summed E-state index contributed by atoms with van der Waals surface area (Å²) in [5.41, 5.74) is -0.539. The molecule has 0 aliphatic carbocycles. The van der Waals surface area contributed by atoms with Gasteiger partial charge in [0.05, 0.1) is 34.1 Å². The van der Waals surface area contributed by atoms with E-state index in [1.165, 1.54) is 12.1 Å². The molecule has 4 rings (SSSR count). The molecule has 1 unspecified atom stereocenters. The van der Waals surface area contributed by atoms with Crippen LogP contribution in [0.5, 0.6) is 0 Å². The quantitative estimate of drug-likeness (QED) is 0.651. The standard InChI is InChI=1S/C21H21ClF3N3O3/c22-15-5-4-13(11-14(15)21(23,24)25)17-16-3-1-2-8-28(16)18(26-17)19(30)27-20(12-29)6-9-31-10-7-20/h1-5,8,11,18,26,29H,6-7,9-10,12H2,(H,27,30). The lowest BCUT2D eigenvalue weighted by molar-refractivity contribution is -0.137. The number of fused-ring (bicyclic) bond motifs is 1. The average molecular weight is 456 g/mol. The summed E-state index contributed by atoms with van der Waals surface area (Å²) in [6.07, 6.45) is 2.31. The Bertz CT molecular complexity index is 968. The number of hydrogen-bond donors (Lipinski definition) is 3. The molecule has 1 atom stereocenters. The number of hydrogen-bond acceptors (Lipinski definition) is 5. The van der Waals surface area contributed by atoms with Crippen molar-refractivity contribution in [2.75, 3.05) is 19.8 Å². The maximum atomic E-state index is 13.3. The van der Waals surface area contributed by atoms with Gasteiger partial charge in [-0.25, -0.2) is 0 Å². The monoisotopic (exact) mass is 455 g/mol. The lowest BCUT2D eigenvalue weighted by Gasteiger charge is -2.38. The normalized spacial score (nSPS) is 22.4. The van der Waals surface area contributed by atoms with Crippen LogP contribution in [-0.2, 0) is 15.7 Å². The predicted molar refractivity (Wildman–Crippen MR) is 108 cm³/mol. The molecule has 31 heavy (non-hydrogen) atoms. The number of benzene rings is 1. The maximum Gasteiger partial charge on any atom is 0.417 e. The smallest absolute Gasteiger partial charge is 0.394 e. The second-order valence-corrected chi connectivity index (χ2v) is 8.05. The first kappa shape index (κ1) is 21.7. The molecular formula is C21H21ClF3N3O3. The zero-order valence-corrected chi connectivity index (χ0v) is 17.1. The largest absolute Gasteiger partial charge is 0.417 e. The van der Waals surface area contributed by atoms with Crippen molar-refractivity contribution in [1.29, 1.82) is 0 Å². The lowest BCUT2D eigenvalue weighted by atomic mass is 9.91. The summed E-state index contributed by atoms with van der Waals surface area (Å²) >= 11 is 5.75. The van der Waals surface area contributed by atoms with E-state index in [2.05, 4.69) is 10.6 Å². The molecule has 1 fully saturated rings. The van der Waals surface area contributed by atoms with Gasteiger partial charge in [0.2, 0.25) is 0 Å². The highest BCUT2D eigenvalue weighted by atomic mass is 35.5. The van der Waals surface area contributed by atoms with Gasteiger partial charge in [-0.05, 0) is 37.1 Å². The van der Waals surface area contributed by atoms with Gasteiger partial charge >= 0.3 is 6.18 Å². The average Bonchev–Trinajstić information content (AvgIpc) is 3.14. The van der Waals surface area contributed by atoms with Gasteiger partial charge in [0.1, 0.15) is 0 Å². The number of nitrogens with zero attached hydrogens (tertiary/aromatic N) is 1. The number of allylic oxidation sites excluding steroid dienone is 3. The predicted octanol–water partition coefficient (Wildman–Crippen LogP) is 3.00. The van der Waals surface area contributed by atoms with Crippen molar-refractivity contribution in [3.05, 3.63) is 64.5 Å². The number of aliphatic hydroxyl groups excluding tert-OH is 1. The topological polar surface area (TPSA) is 73.8 Å². The van der Waals surface area contributed by atoms with E-state index in [9.17, 15) is 23.1 Å². The van der Waals surface area contributed by atoms with Crippen LogP contribution in [0.25, 0.3) is 5.70 Å². The molecule has 6 nitrogen and oxygen atoms in total. The van der Waals surface area contributed by atoms with Crippen LogP contribution in [0, 0.1) is 0 Å². The number of halogens is 4. The molecule has 1 saturated heterocycles. The molecule has 3 N–H and O–H groups in total. The third-order valence-corrected chi connectivity index (χ3v) is 5.98. The van der Waals surface area contributed by atoms with Gasteiger partial charge in [-0.15, -0.1) is 0 Å². The molecule has 3 aliphatic heterocycles. The SMILES string of the molecule is O=C(NC1(CO)CCOCC1)C1NC(c2ccc(Cl)c(C(F)(F)F)c2)=C2C=CC=CN21. The minimum absolute atomic E-state index is 0.232. The molecule has 0 spiro atoms. The zero-order chi connectivity index (χ0) is 22.2. The van der Waals surface area contributed by atoms with E-state index in [-0.39, 0.29) is 12.2 Å². The highest BCUT2D eigenvalue weighted by Crippen LogP contribution is 2.38. The number of rotatable bonds is 4.